The number of fused-ring (bicyclic) bond motifs is 1. The minimum absolute atomic E-state index is 0.574. The highest BCUT2D eigenvalue weighted by molar-refractivity contribution is 5.92. The first-order chi connectivity index (χ1) is 12.6. The summed E-state index contributed by atoms with van der Waals surface area (Å²) in [5.41, 5.74) is 5.00. The Kier molecular flexibility index (Phi) is 5.14. The summed E-state index contributed by atoms with van der Waals surface area (Å²) in [5.74, 6) is 0. The lowest BCUT2D eigenvalue weighted by molar-refractivity contribution is 0.0994. The van der Waals surface area contributed by atoms with E-state index in [1.807, 2.05) is 6.20 Å². The van der Waals surface area contributed by atoms with Gasteiger partial charge < -0.3 is 15.1 Å². The fraction of sp³-hybridized carbons (Fsp3) is 0.591. The largest absolute Gasteiger partial charge is 0.382 e. The molecule has 0 atom stereocenters. The maximum atomic E-state index is 4.56. The molecule has 2 aliphatic heterocycles. The van der Waals surface area contributed by atoms with Crippen LogP contribution in [0.4, 0.5) is 5.69 Å². The molecule has 0 aliphatic carbocycles. The monoisotopic (exact) mass is 352 g/mol. The summed E-state index contributed by atoms with van der Waals surface area (Å²) >= 11 is 0. The molecule has 140 valence electrons. The second-order valence-corrected chi connectivity index (χ2v) is 8.30. The quantitative estimate of drug-likeness (QED) is 0.910. The van der Waals surface area contributed by atoms with E-state index >= 15 is 0 Å². The highest BCUT2D eigenvalue weighted by Crippen LogP contribution is 2.28. The molecular weight excluding hydrogens is 320 g/mol. The van der Waals surface area contributed by atoms with Gasteiger partial charge in [-0.05, 0) is 89.0 Å². The molecule has 4 nitrogen and oxygen atoms in total. The molecule has 4 rings (SSSR count). The van der Waals surface area contributed by atoms with Crippen LogP contribution in [-0.4, -0.2) is 60.1 Å². The van der Waals surface area contributed by atoms with E-state index in [4.69, 9.17) is 0 Å². The summed E-state index contributed by atoms with van der Waals surface area (Å²) in [6.45, 7) is 9.32. The van der Waals surface area contributed by atoms with E-state index in [1.54, 1.807) is 0 Å². The van der Waals surface area contributed by atoms with Crippen LogP contribution in [-0.2, 0) is 0 Å². The number of benzene rings is 1. The predicted molar refractivity (Wildman–Crippen MR) is 110 cm³/mol. The van der Waals surface area contributed by atoms with Crippen molar-refractivity contribution in [3.63, 3.8) is 0 Å². The zero-order valence-corrected chi connectivity index (χ0v) is 16.5. The van der Waals surface area contributed by atoms with Crippen LogP contribution >= 0.6 is 0 Å². The zero-order chi connectivity index (χ0) is 18.1. The van der Waals surface area contributed by atoms with Crippen molar-refractivity contribution in [1.29, 1.82) is 0 Å². The Morgan fingerprint density at radius 2 is 1.65 bits per heavy atom. The van der Waals surface area contributed by atoms with Crippen molar-refractivity contribution >= 4 is 16.6 Å². The molecule has 0 unspecified atom stereocenters. The molecule has 0 spiro atoms. The van der Waals surface area contributed by atoms with Gasteiger partial charge in [0.1, 0.15) is 0 Å². The number of nitrogens with one attached hydrogen (secondary N) is 1. The van der Waals surface area contributed by atoms with Crippen molar-refractivity contribution < 1.29 is 0 Å². The van der Waals surface area contributed by atoms with Crippen LogP contribution in [0, 0.1) is 13.8 Å². The number of anilines is 1. The standard InChI is InChI=1S/C22H32N4/c1-16-14-20-21(4-9-23-22(20)15-17(16)2)24-18-5-12-26(13-6-18)19-7-10-25(3)11-8-19/h4,9,14-15,18-19H,5-8,10-13H2,1-3H3,(H,23,24). The maximum absolute atomic E-state index is 4.56. The highest BCUT2D eigenvalue weighted by Gasteiger charge is 2.27. The van der Waals surface area contributed by atoms with Gasteiger partial charge in [-0.3, -0.25) is 4.98 Å². The van der Waals surface area contributed by atoms with Crippen molar-refractivity contribution in [3.05, 3.63) is 35.5 Å². The fourth-order valence-electron chi connectivity index (χ4n) is 4.52. The lowest BCUT2D eigenvalue weighted by atomic mass is 9.97. The number of rotatable bonds is 3. The van der Waals surface area contributed by atoms with E-state index in [9.17, 15) is 0 Å². The number of likely N-dealkylation sites (tertiary alicyclic amines) is 2. The molecule has 3 heterocycles. The fourth-order valence-corrected chi connectivity index (χ4v) is 4.52. The summed E-state index contributed by atoms with van der Waals surface area (Å²) in [4.78, 5) is 9.76. The molecule has 2 fully saturated rings. The Labute approximate surface area is 157 Å². The molecule has 4 heteroatoms. The topological polar surface area (TPSA) is 31.4 Å². The molecule has 26 heavy (non-hydrogen) atoms. The van der Waals surface area contributed by atoms with Gasteiger partial charge in [0.2, 0.25) is 0 Å². The summed E-state index contributed by atoms with van der Waals surface area (Å²) < 4.78 is 0. The molecule has 1 aromatic heterocycles. The highest BCUT2D eigenvalue weighted by atomic mass is 15.2. The Hall–Kier alpha value is -1.65. The Bertz CT molecular complexity index is 756. The number of pyridine rings is 1. The van der Waals surface area contributed by atoms with Crippen molar-refractivity contribution in [2.75, 3.05) is 38.5 Å². The van der Waals surface area contributed by atoms with E-state index in [0.717, 1.165) is 11.6 Å². The van der Waals surface area contributed by atoms with Gasteiger partial charge in [-0.2, -0.15) is 0 Å². The Morgan fingerprint density at radius 1 is 0.962 bits per heavy atom. The average Bonchev–Trinajstić information content (AvgIpc) is 2.65. The first-order valence-electron chi connectivity index (χ1n) is 10.2. The summed E-state index contributed by atoms with van der Waals surface area (Å²) in [6.07, 6.45) is 7.08. The minimum Gasteiger partial charge on any atom is -0.382 e. The normalized spacial score (nSPS) is 21.3. The molecule has 1 N–H and O–H groups in total. The smallest absolute Gasteiger partial charge is 0.0725 e. The number of hydrogen-bond acceptors (Lipinski definition) is 4. The summed E-state index contributed by atoms with van der Waals surface area (Å²) in [6, 6.07) is 8.01. The van der Waals surface area contributed by atoms with E-state index in [-0.39, 0.29) is 0 Å². The number of aromatic nitrogens is 1. The molecule has 2 aliphatic rings. The van der Waals surface area contributed by atoms with Crippen LogP contribution < -0.4 is 5.32 Å². The van der Waals surface area contributed by atoms with E-state index in [2.05, 4.69) is 59.2 Å². The van der Waals surface area contributed by atoms with Gasteiger partial charge in [0.05, 0.1) is 5.52 Å². The van der Waals surface area contributed by atoms with Crippen LogP contribution in [0.3, 0.4) is 0 Å². The van der Waals surface area contributed by atoms with E-state index in [1.165, 1.54) is 74.1 Å². The number of hydrogen-bond donors (Lipinski definition) is 1. The van der Waals surface area contributed by atoms with Gasteiger partial charge >= 0.3 is 0 Å². The second-order valence-electron chi connectivity index (χ2n) is 8.30. The van der Waals surface area contributed by atoms with Crippen LogP contribution in [0.2, 0.25) is 0 Å². The molecular formula is C22H32N4. The summed E-state index contributed by atoms with van der Waals surface area (Å²) in [7, 11) is 2.24. The van der Waals surface area contributed by atoms with E-state index < -0.39 is 0 Å². The van der Waals surface area contributed by atoms with Crippen molar-refractivity contribution in [2.24, 2.45) is 0 Å². The van der Waals surface area contributed by atoms with Crippen LogP contribution in [0.25, 0.3) is 10.9 Å². The minimum atomic E-state index is 0.574. The SMILES string of the molecule is Cc1cc2nccc(NC3CCN(C4CCN(C)CC4)CC3)c2cc1C. The lowest BCUT2D eigenvalue weighted by Crippen LogP contribution is -2.48. The zero-order valence-electron chi connectivity index (χ0n) is 16.5. The van der Waals surface area contributed by atoms with Crippen LogP contribution in [0.5, 0.6) is 0 Å². The number of aryl methyl sites for hydroxylation is 2. The van der Waals surface area contributed by atoms with Gasteiger partial charge in [-0.1, -0.05) is 0 Å². The average molecular weight is 353 g/mol. The van der Waals surface area contributed by atoms with Gasteiger partial charge in [-0.25, -0.2) is 0 Å². The molecule has 1 aromatic carbocycles. The Morgan fingerprint density at radius 3 is 2.38 bits per heavy atom. The maximum Gasteiger partial charge on any atom is 0.0725 e. The van der Waals surface area contributed by atoms with Gasteiger partial charge in [0.15, 0.2) is 0 Å². The first kappa shape index (κ1) is 17.7. The third-order valence-electron chi connectivity index (χ3n) is 6.45. The van der Waals surface area contributed by atoms with Crippen LogP contribution in [0.1, 0.15) is 36.8 Å². The predicted octanol–water partition coefficient (Wildman–Crippen LogP) is 3.82. The third kappa shape index (κ3) is 3.72. The van der Waals surface area contributed by atoms with Gasteiger partial charge in [0, 0.05) is 42.4 Å². The first-order valence-corrected chi connectivity index (χ1v) is 10.2. The number of nitrogens with zero attached hydrogens (tertiary/aromatic N) is 3. The van der Waals surface area contributed by atoms with Crippen molar-refractivity contribution in [2.45, 2.75) is 51.6 Å². The second kappa shape index (κ2) is 7.53. The van der Waals surface area contributed by atoms with Gasteiger partial charge in [-0.15, -0.1) is 0 Å². The molecule has 0 bridgehead atoms. The molecule has 0 saturated carbocycles. The third-order valence-corrected chi connectivity index (χ3v) is 6.45. The Balaban J connectivity index is 1.40. The van der Waals surface area contributed by atoms with Crippen LogP contribution in [0.15, 0.2) is 24.4 Å². The van der Waals surface area contributed by atoms with E-state index in [0.29, 0.717) is 6.04 Å². The molecule has 0 amide bonds. The molecule has 2 saturated heterocycles. The van der Waals surface area contributed by atoms with Gasteiger partial charge in [0.25, 0.3) is 0 Å². The molecule has 0 radical (unpaired) electrons. The van der Waals surface area contributed by atoms with Crippen molar-refractivity contribution in [3.8, 4) is 0 Å². The lowest BCUT2D eigenvalue weighted by Gasteiger charge is -2.41. The van der Waals surface area contributed by atoms with Crippen molar-refractivity contribution in [1.82, 2.24) is 14.8 Å². The molecule has 2 aromatic rings. The summed E-state index contributed by atoms with van der Waals surface area (Å²) in [5, 5.41) is 5.08. The number of piperidine rings is 2.